The minimum absolute atomic E-state index is 0.00474. The van der Waals surface area contributed by atoms with E-state index in [1.165, 1.54) is 10.9 Å². The summed E-state index contributed by atoms with van der Waals surface area (Å²) in [6, 6.07) is 7.90. The zero-order valence-corrected chi connectivity index (χ0v) is 19.1. The Morgan fingerprint density at radius 1 is 1.15 bits per heavy atom. The molecule has 2 aliphatic rings. The second kappa shape index (κ2) is 7.98. The molecule has 4 aromatic heterocycles. The van der Waals surface area contributed by atoms with Crippen LogP contribution in [0, 0.1) is 12.7 Å². The van der Waals surface area contributed by atoms with Gasteiger partial charge >= 0.3 is 0 Å². The SMILES string of the molecule is Cc1cc(-c2ccn3nc(N)cc3c2)c(OC2CC3COCC(C2)N3c2nn(C)cc2F)cn1. The summed E-state index contributed by atoms with van der Waals surface area (Å²) in [4.78, 5) is 6.56. The smallest absolute Gasteiger partial charge is 0.187 e. The molecule has 0 amide bonds. The van der Waals surface area contributed by atoms with Crippen molar-refractivity contribution in [3.63, 3.8) is 0 Å². The van der Waals surface area contributed by atoms with Crippen molar-refractivity contribution in [3.05, 3.63) is 54.4 Å². The van der Waals surface area contributed by atoms with Crippen LogP contribution in [0.5, 0.6) is 5.75 Å². The molecule has 0 aromatic carbocycles. The van der Waals surface area contributed by atoms with E-state index in [-0.39, 0.29) is 24.0 Å². The van der Waals surface area contributed by atoms with Crippen molar-refractivity contribution >= 4 is 17.2 Å². The maximum Gasteiger partial charge on any atom is 0.187 e. The highest BCUT2D eigenvalue weighted by Gasteiger charge is 2.42. The maximum absolute atomic E-state index is 14.5. The van der Waals surface area contributed by atoms with Gasteiger partial charge in [0.25, 0.3) is 0 Å². The molecule has 176 valence electrons. The molecular formula is C24H26FN7O2. The Morgan fingerprint density at radius 2 is 1.94 bits per heavy atom. The Hall–Kier alpha value is -3.66. The van der Waals surface area contributed by atoms with Crippen LogP contribution in [-0.4, -0.2) is 55.8 Å². The van der Waals surface area contributed by atoms with E-state index in [0.717, 1.165) is 28.1 Å². The van der Waals surface area contributed by atoms with E-state index in [9.17, 15) is 4.39 Å². The Morgan fingerprint density at radius 3 is 2.68 bits per heavy atom. The fraction of sp³-hybridized carbons (Fsp3) is 0.375. The molecule has 2 fully saturated rings. The number of pyridine rings is 2. The molecule has 0 spiro atoms. The topological polar surface area (TPSA) is 95.7 Å². The molecule has 10 heteroatoms. The standard InChI is InChI=1S/C24H26FN7O2/c1-14-5-20(15-3-4-31-16(6-15)9-23(26)28-31)22(10-27-14)34-19-7-17-12-33-13-18(8-19)32(17)24-21(25)11-30(2)29-24/h3-6,9-11,17-19H,7-8,12-13H2,1-2H3,(H2,26,28). The molecule has 2 atom stereocenters. The lowest BCUT2D eigenvalue weighted by Crippen LogP contribution is -2.59. The van der Waals surface area contributed by atoms with Gasteiger partial charge in [-0.3, -0.25) is 9.67 Å². The number of aromatic nitrogens is 5. The number of rotatable bonds is 4. The minimum Gasteiger partial charge on any atom is -0.488 e. The number of aryl methyl sites for hydroxylation is 2. The molecule has 4 aromatic rings. The maximum atomic E-state index is 14.5. The predicted octanol–water partition coefficient (Wildman–Crippen LogP) is 2.97. The van der Waals surface area contributed by atoms with Crippen LogP contribution in [0.25, 0.3) is 16.6 Å². The first-order valence-electron chi connectivity index (χ1n) is 11.4. The number of hydrogen-bond acceptors (Lipinski definition) is 7. The molecular weight excluding hydrogens is 437 g/mol. The predicted molar refractivity (Wildman–Crippen MR) is 125 cm³/mol. The quantitative estimate of drug-likeness (QED) is 0.497. The molecule has 2 aliphatic heterocycles. The fourth-order valence-electron chi connectivity index (χ4n) is 5.16. The van der Waals surface area contributed by atoms with Crippen molar-refractivity contribution in [1.29, 1.82) is 0 Å². The van der Waals surface area contributed by atoms with E-state index < -0.39 is 0 Å². The van der Waals surface area contributed by atoms with Gasteiger partial charge in [0.2, 0.25) is 0 Å². The number of nitrogen functional groups attached to an aromatic ring is 1. The summed E-state index contributed by atoms with van der Waals surface area (Å²) in [6.07, 6.45) is 6.46. The van der Waals surface area contributed by atoms with Gasteiger partial charge in [0.15, 0.2) is 11.6 Å². The van der Waals surface area contributed by atoms with Gasteiger partial charge in [0.05, 0.1) is 43.2 Å². The van der Waals surface area contributed by atoms with Crippen molar-refractivity contribution in [3.8, 4) is 16.9 Å². The third-order valence-electron chi connectivity index (χ3n) is 6.58. The molecule has 6 rings (SSSR count). The molecule has 2 bridgehead atoms. The second-order valence-electron chi connectivity index (χ2n) is 9.11. The van der Waals surface area contributed by atoms with E-state index in [4.69, 9.17) is 15.2 Å². The highest BCUT2D eigenvalue weighted by atomic mass is 19.1. The van der Waals surface area contributed by atoms with Gasteiger partial charge in [-0.05, 0) is 30.7 Å². The lowest BCUT2D eigenvalue weighted by molar-refractivity contribution is 0.00808. The Kier molecular flexibility index (Phi) is 4.91. The second-order valence-corrected chi connectivity index (χ2v) is 9.11. The van der Waals surface area contributed by atoms with Crippen LogP contribution < -0.4 is 15.4 Å². The summed E-state index contributed by atoms with van der Waals surface area (Å²) in [7, 11) is 1.73. The average molecular weight is 464 g/mol. The van der Waals surface area contributed by atoms with E-state index >= 15 is 0 Å². The van der Waals surface area contributed by atoms with Gasteiger partial charge in [-0.15, -0.1) is 0 Å². The van der Waals surface area contributed by atoms with Gasteiger partial charge in [0.1, 0.15) is 17.7 Å². The Balaban J connectivity index is 1.29. The number of anilines is 2. The van der Waals surface area contributed by atoms with Crippen molar-refractivity contribution in [2.45, 2.75) is 38.0 Å². The molecule has 0 radical (unpaired) electrons. The zero-order chi connectivity index (χ0) is 23.4. The van der Waals surface area contributed by atoms with Crippen molar-refractivity contribution in [1.82, 2.24) is 24.4 Å². The van der Waals surface area contributed by atoms with Crippen LogP contribution in [0.1, 0.15) is 18.5 Å². The largest absolute Gasteiger partial charge is 0.488 e. The van der Waals surface area contributed by atoms with Crippen LogP contribution in [0.15, 0.2) is 42.9 Å². The van der Waals surface area contributed by atoms with Gasteiger partial charge in [-0.25, -0.2) is 8.91 Å². The van der Waals surface area contributed by atoms with E-state index in [1.54, 1.807) is 17.8 Å². The third kappa shape index (κ3) is 3.63. The molecule has 9 nitrogen and oxygen atoms in total. The summed E-state index contributed by atoms with van der Waals surface area (Å²) < 4.78 is 30.1. The van der Waals surface area contributed by atoms with Gasteiger partial charge in [-0.1, -0.05) is 0 Å². The van der Waals surface area contributed by atoms with Crippen molar-refractivity contribution in [2.24, 2.45) is 7.05 Å². The fourth-order valence-corrected chi connectivity index (χ4v) is 5.16. The molecule has 6 heterocycles. The number of ether oxygens (including phenoxy) is 2. The molecule has 2 unspecified atom stereocenters. The average Bonchev–Trinajstić information content (AvgIpc) is 3.33. The zero-order valence-electron chi connectivity index (χ0n) is 19.1. The van der Waals surface area contributed by atoms with E-state index in [1.807, 2.05) is 37.4 Å². The number of piperidine rings is 1. The summed E-state index contributed by atoms with van der Waals surface area (Å²) in [6.45, 7) is 3.00. The number of nitrogens with zero attached hydrogens (tertiary/aromatic N) is 6. The molecule has 0 aliphatic carbocycles. The van der Waals surface area contributed by atoms with Crippen LogP contribution >= 0.6 is 0 Å². The summed E-state index contributed by atoms with van der Waals surface area (Å²) in [5.74, 6) is 1.29. The van der Waals surface area contributed by atoms with Gasteiger partial charge in [0, 0.05) is 43.4 Å². The van der Waals surface area contributed by atoms with Crippen molar-refractivity contribution < 1.29 is 13.9 Å². The first kappa shape index (κ1) is 20.9. The molecule has 34 heavy (non-hydrogen) atoms. The monoisotopic (exact) mass is 463 g/mol. The lowest BCUT2D eigenvalue weighted by Gasteiger charge is -2.48. The van der Waals surface area contributed by atoms with Crippen LogP contribution in [-0.2, 0) is 11.8 Å². The van der Waals surface area contributed by atoms with Crippen LogP contribution in [0.2, 0.25) is 0 Å². The molecule has 0 saturated carbocycles. The normalized spacial score (nSPS) is 22.3. The van der Waals surface area contributed by atoms with E-state index in [0.29, 0.717) is 37.7 Å². The molecule has 2 N–H and O–H groups in total. The number of fused-ring (bicyclic) bond motifs is 3. The number of halogens is 1. The Labute approximate surface area is 195 Å². The van der Waals surface area contributed by atoms with Gasteiger partial charge in [-0.2, -0.15) is 10.2 Å². The Bertz CT molecular complexity index is 1350. The first-order chi connectivity index (χ1) is 16.4. The summed E-state index contributed by atoms with van der Waals surface area (Å²) >= 11 is 0. The highest BCUT2D eigenvalue weighted by Crippen LogP contribution is 2.37. The van der Waals surface area contributed by atoms with Crippen LogP contribution in [0.4, 0.5) is 16.0 Å². The van der Waals surface area contributed by atoms with Gasteiger partial charge < -0.3 is 20.1 Å². The highest BCUT2D eigenvalue weighted by molar-refractivity contribution is 5.74. The summed E-state index contributed by atoms with van der Waals surface area (Å²) in [5.41, 5.74) is 9.64. The number of hydrogen-bond donors (Lipinski definition) is 1. The lowest BCUT2D eigenvalue weighted by atomic mass is 9.91. The number of morpholine rings is 1. The van der Waals surface area contributed by atoms with Crippen LogP contribution in [0.3, 0.4) is 0 Å². The summed E-state index contributed by atoms with van der Waals surface area (Å²) in [5, 5.41) is 8.62. The minimum atomic E-state index is -0.306. The third-order valence-corrected chi connectivity index (χ3v) is 6.58. The van der Waals surface area contributed by atoms with E-state index in [2.05, 4.69) is 20.1 Å². The first-order valence-corrected chi connectivity index (χ1v) is 11.4. The molecule has 2 saturated heterocycles. The van der Waals surface area contributed by atoms with Crippen molar-refractivity contribution in [2.75, 3.05) is 23.8 Å². The number of nitrogens with two attached hydrogens (primary N) is 1.